The summed E-state index contributed by atoms with van der Waals surface area (Å²) in [6, 6.07) is 24.8. The number of para-hydroxylation sites is 1. The fourth-order valence-corrected chi connectivity index (χ4v) is 2.54. The molecule has 0 aromatic heterocycles. The van der Waals surface area contributed by atoms with Crippen LogP contribution in [-0.4, -0.2) is 17.1 Å². The number of nitrogens with zero attached hydrogens (tertiary/aromatic N) is 1. The van der Waals surface area contributed by atoms with E-state index < -0.39 is 12.0 Å². The van der Waals surface area contributed by atoms with Crippen molar-refractivity contribution in [2.75, 3.05) is 4.90 Å². The molecule has 0 heterocycles. The molecule has 0 aliphatic rings. The Labute approximate surface area is 139 Å². The maximum Gasteiger partial charge on any atom is 0.419 e. The number of hydrogen-bond donors (Lipinski definition) is 1. The highest BCUT2D eigenvalue weighted by atomic mass is 16.4. The summed E-state index contributed by atoms with van der Waals surface area (Å²) in [6.45, 7) is 0. The van der Waals surface area contributed by atoms with Gasteiger partial charge < -0.3 is 5.11 Å². The molecule has 1 N–H and O–H groups in total. The second kappa shape index (κ2) is 6.79. The highest BCUT2D eigenvalue weighted by molar-refractivity contribution is 6.20. The van der Waals surface area contributed by atoms with Crippen molar-refractivity contribution in [1.82, 2.24) is 0 Å². The molecule has 0 bridgehead atoms. The van der Waals surface area contributed by atoms with E-state index in [2.05, 4.69) is 0 Å². The van der Waals surface area contributed by atoms with Crippen LogP contribution < -0.4 is 4.90 Å². The molecule has 2 amide bonds. The minimum atomic E-state index is -1.31. The van der Waals surface area contributed by atoms with Crippen molar-refractivity contribution in [3.63, 3.8) is 0 Å². The Morgan fingerprint density at radius 2 is 1.25 bits per heavy atom. The molecule has 4 nitrogen and oxygen atoms in total. The number of carboxylic acid groups (broad SMARTS) is 1. The smallest absolute Gasteiger partial charge is 0.419 e. The van der Waals surface area contributed by atoms with Crippen LogP contribution in [0.3, 0.4) is 0 Å². The lowest BCUT2D eigenvalue weighted by Gasteiger charge is -2.21. The molecule has 0 aliphatic carbocycles. The van der Waals surface area contributed by atoms with Crippen LogP contribution >= 0.6 is 0 Å². The maximum absolute atomic E-state index is 12.7. The first-order valence-corrected chi connectivity index (χ1v) is 7.45. The van der Waals surface area contributed by atoms with Gasteiger partial charge in [-0.3, -0.25) is 4.79 Å². The zero-order chi connectivity index (χ0) is 16.9. The van der Waals surface area contributed by atoms with Gasteiger partial charge in [0.15, 0.2) is 0 Å². The molecular formula is C20H15NO3. The first kappa shape index (κ1) is 15.5. The van der Waals surface area contributed by atoms with Gasteiger partial charge in [0.1, 0.15) is 0 Å². The molecule has 0 spiro atoms. The van der Waals surface area contributed by atoms with E-state index in [4.69, 9.17) is 0 Å². The molecule has 0 unspecified atom stereocenters. The summed E-state index contributed by atoms with van der Waals surface area (Å²) in [7, 11) is 0. The highest BCUT2D eigenvalue weighted by Gasteiger charge is 2.26. The molecule has 24 heavy (non-hydrogen) atoms. The van der Waals surface area contributed by atoms with Gasteiger partial charge >= 0.3 is 6.09 Å². The van der Waals surface area contributed by atoms with E-state index in [1.807, 2.05) is 36.4 Å². The first-order valence-electron chi connectivity index (χ1n) is 7.45. The zero-order valence-electron chi connectivity index (χ0n) is 12.8. The van der Waals surface area contributed by atoms with Crippen LogP contribution in [-0.2, 0) is 0 Å². The van der Waals surface area contributed by atoms with E-state index >= 15 is 0 Å². The summed E-state index contributed by atoms with van der Waals surface area (Å²) < 4.78 is 0. The summed E-state index contributed by atoms with van der Waals surface area (Å²) in [5, 5.41) is 9.63. The Bertz CT molecular complexity index is 860. The Hall–Kier alpha value is -3.40. The van der Waals surface area contributed by atoms with Crippen LogP contribution in [0.25, 0.3) is 11.1 Å². The average molecular weight is 317 g/mol. The first-order chi connectivity index (χ1) is 11.7. The number of amides is 2. The third kappa shape index (κ3) is 3.03. The monoisotopic (exact) mass is 317 g/mol. The fourth-order valence-electron chi connectivity index (χ4n) is 2.54. The minimum Gasteiger partial charge on any atom is -0.464 e. The third-order valence-electron chi connectivity index (χ3n) is 3.64. The molecule has 0 aliphatic heterocycles. The number of imide groups is 1. The minimum absolute atomic E-state index is 0.322. The predicted octanol–water partition coefficient (Wildman–Crippen LogP) is 4.68. The van der Waals surface area contributed by atoms with Crippen molar-refractivity contribution >= 4 is 17.7 Å². The standard InChI is InChI=1S/C20H15NO3/c22-19(16-11-5-2-6-12-16)21(20(23)24)18-14-8-7-13-17(18)15-9-3-1-4-10-15/h1-14H,(H,23,24). The summed E-state index contributed by atoms with van der Waals surface area (Å²) in [6.07, 6.45) is -1.31. The van der Waals surface area contributed by atoms with Crippen molar-refractivity contribution in [2.45, 2.75) is 0 Å². The van der Waals surface area contributed by atoms with Gasteiger partial charge in [-0.15, -0.1) is 0 Å². The van der Waals surface area contributed by atoms with Crippen molar-refractivity contribution in [3.05, 3.63) is 90.5 Å². The Morgan fingerprint density at radius 1 is 0.708 bits per heavy atom. The summed E-state index contributed by atoms with van der Waals surface area (Å²) in [4.78, 5) is 25.3. The summed E-state index contributed by atoms with van der Waals surface area (Å²) >= 11 is 0. The predicted molar refractivity (Wildman–Crippen MR) is 93.2 cm³/mol. The van der Waals surface area contributed by atoms with Crippen LogP contribution in [0.5, 0.6) is 0 Å². The molecule has 0 fully saturated rings. The van der Waals surface area contributed by atoms with E-state index in [0.29, 0.717) is 16.8 Å². The lowest BCUT2D eigenvalue weighted by atomic mass is 10.0. The van der Waals surface area contributed by atoms with E-state index in [1.54, 1.807) is 48.5 Å². The maximum atomic E-state index is 12.7. The van der Waals surface area contributed by atoms with Crippen LogP contribution in [0, 0.1) is 0 Å². The molecule has 0 saturated carbocycles. The number of rotatable bonds is 3. The SMILES string of the molecule is O=C(O)N(C(=O)c1ccccc1)c1ccccc1-c1ccccc1. The van der Waals surface area contributed by atoms with Gasteiger partial charge in [-0.05, 0) is 23.8 Å². The molecule has 3 rings (SSSR count). The summed E-state index contributed by atoms with van der Waals surface area (Å²) in [5.74, 6) is -0.577. The number of anilines is 1. The normalized spacial score (nSPS) is 10.2. The Balaban J connectivity index is 2.11. The lowest BCUT2D eigenvalue weighted by molar-refractivity contribution is 0.0983. The second-order valence-corrected chi connectivity index (χ2v) is 5.17. The van der Waals surface area contributed by atoms with Crippen LogP contribution in [0.2, 0.25) is 0 Å². The van der Waals surface area contributed by atoms with Crippen molar-refractivity contribution < 1.29 is 14.7 Å². The van der Waals surface area contributed by atoms with E-state index in [1.165, 1.54) is 0 Å². The van der Waals surface area contributed by atoms with E-state index in [-0.39, 0.29) is 0 Å². The van der Waals surface area contributed by atoms with Crippen LogP contribution in [0.15, 0.2) is 84.9 Å². The molecule has 0 saturated heterocycles. The highest BCUT2D eigenvalue weighted by Crippen LogP contribution is 2.31. The average Bonchev–Trinajstić information content (AvgIpc) is 2.63. The molecule has 118 valence electrons. The third-order valence-corrected chi connectivity index (χ3v) is 3.64. The zero-order valence-corrected chi connectivity index (χ0v) is 12.8. The fraction of sp³-hybridized carbons (Fsp3) is 0. The second-order valence-electron chi connectivity index (χ2n) is 5.17. The van der Waals surface area contributed by atoms with Gasteiger partial charge in [0, 0.05) is 11.1 Å². The van der Waals surface area contributed by atoms with Gasteiger partial charge in [0.05, 0.1) is 5.69 Å². The van der Waals surface area contributed by atoms with Crippen LogP contribution in [0.1, 0.15) is 10.4 Å². The number of hydrogen-bond acceptors (Lipinski definition) is 2. The number of carbonyl (C=O) groups excluding carboxylic acids is 1. The van der Waals surface area contributed by atoms with Gasteiger partial charge in [0.2, 0.25) is 0 Å². The number of benzene rings is 3. The van der Waals surface area contributed by atoms with Crippen molar-refractivity contribution in [3.8, 4) is 11.1 Å². The largest absolute Gasteiger partial charge is 0.464 e. The molecule has 0 atom stereocenters. The van der Waals surface area contributed by atoms with Crippen LogP contribution in [0.4, 0.5) is 10.5 Å². The molecule has 4 heteroatoms. The molecule has 0 radical (unpaired) electrons. The van der Waals surface area contributed by atoms with Crippen molar-refractivity contribution in [1.29, 1.82) is 0 Å². The molecule has 3 aromatic carbocycles. The quantitative estimate of drug-likeness (QED) is 0.763. The lowest BCUT2D eigenvalue weighted by Crippen LogP contribution is -2.36. The van der Waals surface area contributed by atoms with Gasteiger partial charge in [-0.2, -0.15) is 0 Å². The molecule has 3 aromatic rings. The van der Waals surface area contributed by atoms with E-state index in [9.17, 15) is 14.7 Å². The van der Waals surface area contributed by atoms with Gasteiger partial charge in [-0.1, -0.05) is 66.7 Å². The molecular weight excluding hydrogens is 302 g/mol. The van der Waals surface area contributed by atoms with E-state index in [0.717, 1.165) is 10.5 Å². The van der Waals surface area contributed by atoms with Gasteiger partial charge in [-0.25, -0.2) is 9.69 Å². The summed E-state index contributed by atoms with van der Waals surface area (Å²) in [5.41, 5.74) is 2.19. The Morgan fingerprint density at radius 3 is 1.88 bits per heavy atom. The van der Waals surface area contributed by atoms with Crippen molar-refractivity contribution in [2.24, 2.45) is 0 Å². The number of carbonyl (C=O) groups is 2. The van der Waals surface area contributed by atoms with Gasteiger partial charge in [0.25, 0.3) is 5.91 Å². The Kier molecular flexibility index (Phi) is 4.38. The topological polar surface area (TPSA) is 57.6 Å².